The minimum absolute atomic E-state index is 0.00182. The van der Waals surface area contributed by atoms with Crippen LogP contribution in [0.3, 0.4) is 0 Å². The summed E-state index contributed by atoms with van der Waals surface area (Å²) in [4.78, 5) is 26.5. The lowest BCUT2D eigenvalue weighted by molar-refractivity contribution is -0.220. The molecular weight excluding hydrogens is 332 g/mol. The maximum atomic E-state index is 13.3. The molecule has 2 aliphatic heterocycles. The molecule has 4 aliphatic rings. The van der Waals surface area contributed by atoms with Gasteiger partial charge in [-0.1, -0.05) is 34.1 Å². The van der Waals surface area contributed by atoms with Crippen LogP contribution in [-0.2, 0) is 19.1 Å². The van der Waals surface area contributed by atoms with Crippen molar-refractivity contribution in [3.05, 3.63) is 22.5 Å². The number of Topliss-reactive ketones (excluding diaryl/α,β-unsaturated/α-hetero) is 2. The summed E-state index contributed by atoms with van der Waals surface area (Å²) in [6.07, 6.45) is 3.64. The number of hydrogen-bond donors (Lipinski definition) is 1. The first-order valence-corrected chi connectivity index (χ1v) is 9.60. The molecule has 1 N–H and O–H groups in total. The van der Waals surface area contributed by atoms with E-state index in [1.165, 1.54) is 7.11 Å². The van der Waals surface area contributed by atoms with Gasteiger partial charge in [-0.05, 0) is 30.1 Å². The molecule has 3 atom stereocenters. The van der Waals surface area contributed by atoms with Gasteiger partial charge in [-0.2, -0.15) is 0 Å². The summed E-state index contributed by atoms with van der Waals surface area (Å²) in [6, 6.07) is 0. The Kier molecular flexibility index (Phi) is 3.65. The number of aliphatic hydroxyl groups is 1. The van der Waals surface area contributed by atoms with Crippen LogP contribution in [0.15, 0.2) is 22.5 Å². The lowest BCUT2D eigenvalue weighted by Crippen LogP contribution is -2.51. The Morgan fingerprint density at radius 3 is 2.50 bits per heavy atom. The van der Waals surface area contributed by atoms with Gasteiger partial charge < -0.3 is 14.6 Å². The molecule has 1 saturated heterocycles. The fourth-order valence-electron chi connectivity index (χ4n) is 5.90. The number of allylic oxidation sites excluding steroid dienone is 2. The molecule has 0 amide bonds. The molecule has 5 heteroatoms. The molecule has 2 aliphatic carbocycles. The molecule has 4 rings (SSSR count). The van der Waals surface area contributed by atoms with Crippen molar-refractivity contribution in [1.82, 2.24) is 0 Å². The highest BCUT2D eigenvalue weighted by Gasteiger charge is 2.67. The molecule has 2 heterocycles. The van der Waals surface area contributed by atoms with Crippen LogP contribution in [0.2, 0.25) is 0 Å². The van der Waals surface area contributed by atoms with E-state index >= 15 is 0 Å². The SMILES string of the molecule is COC1=C(C(C)C)C(=O)C2=C(C[C@@]34CCCC(C)(C)C3C[C@]2(O)O4)C1=O. The van der Waals surface area contributed by atoms with E-state index in [-0.39, 0.29) is 40.1 Å². The second-order valence-electron chi connectivity index (χ2n) is 9.34. The number of ketones is 2. The third kappa shape index (κ3) is 2.10. The molecule has 0 aromatic rings. The Balaban J connectivity index is 1.87. The number of carbonyl (C=O) groups excluding carboxylic acids is 2. The van der Waals surface area contributed by atoms with E-state index in [0.29, 0.717) is 24.0 Å². The quantitative estimate of drug-likeness (QED) is 0.766. The van der Waals surface area contributed by atoms with E-state index in [4.69, 9.17) is 9.47 Å². The van der Waals surface area contributed by atoms with Crippen molar-refractivity contribution in [3.63, 3.8) is 0 Å². The van der Waals surface area contributed by atoms with Gasteiger partial charge in [0.1, 0.15) is 0 Å². The fourth-order valence-corrected chi connectivity index (χ4v) is 5.90. The van der Waals surface area contributed by atoms with Gasteiger partial charge >= 0.3 is 0 Å². The van der Waals surface area contributed by atoms with Crippen LogP contribution in [0.25, 0.3) is 0 Å². The Hall–Kier alpha value is -1.46. The van der Waals surface area contributed by atoms with Gasteiger partial charge in [0.2, 0.25) is 5.78 Å². The molecule has 2 bridgehead atoms. The van der Waals surface area contributed by atoms with Crippen molar-refractivity contribution in [2.24, 2.45) is 17.3 Å². The maximum Gasteiger partial charge on any atom is 0.224 e. The first-order chi connectivity index (χ1) is 12.1. The molecule has 1 spiro atoms. The molecule has 0 aromatic carbocycles. The first kappa shape index (κ1) is 17.9. The molecule has 2 fully saturated rings. The number of ether oxygens (including phenoxy) is 2. The van der Waals surface area contributed by atoms with Crippen LogP contribution in [0, 0.1) is 17.3 Å². The lowest BCUT2D eigenvalue weighted by Gasteiger charge is -2.49. The number of carbonyl (C=O) groups is 2. The van der Waals surface area contributed by atoms with Gasteiger partial charge in [-0.3, -0.25) is 9.59 Å². The number of hydrogen-bond acceptors (Lipinski definition) is 5. The van der Waals surface area contributed by atoms with Crippen molar-refractivity contribution in [1.29, 1.82) is 0 Å². The van der Waals surface area contributed by atoms with Crippen molar-refractivity contribution >= 4 is 11.6 Å². The Labute approximate surface area is 154 Å². The highest BCUT2D eigenvalue weighted by molar-refractivity contribution is 6.25. The van der Waals surface area contributed by atoms with Crippen molar-refractivity contribution < 1.29 is 24.2 Å². The zero-order chi connectivity index (χ0) is 19.1. The molecule has 5 nitrogen and oxygen atoms in total. The Morgan fingerprint density at radius 1 is 1.19 bits per heavy atom. The minimum Gasteiger partial charge on any atom is -0.492 e. The molecule has 1 unspecified atom stereocenters. The van der Waals surface area contributed by atoms with Gasteiger partial charge in [0.05, 0.1) is 18.3 Å². The predicted octanol–water partition coefficient (Wildman–Crippen LogP) is 3.07. The summed E-state index contributed by atoms with van der Waals surface area (Å²) in [7, 11) is 1.43. The Bertz CT molecular complexity index is 771. The summed E-state index contributed by atoms with van der Waals surface area (Å²) in [5, 5.41) is 11.4. The monoisotopic (exact) mass is 360 g/mol. The van der Waals surface area contributed by atoms with Crippen molar-refractivity contribution in [2.45, 2.75) is 71.2 Å². The van der Waals surface area contributed by atoms with Gasteiger partial charge in [-0.25, -0.2) is 0 Å². The first-order valence-electron chi connectivity index (χ1n) is 9.60. The van der Waals surface area contributed by atoms with Gasteiger partial charge in [0.15, 0.2) is 17.3 Å². The lowest BCUT2D eigenvalue weighted by atomic mass is 9.60. The van der Waals surface area contributed by atoms with E-state index < -0.39 is 11.4 Å². The summed E-state index contributed by atoms with van der Waals surface area (Å²) in [6.45, 7) is 8.12. The fraction of sp³-hybridized carbons (Fsp3) is 0.714. The van der Waals surface area contributed by atoms with Crippen LogP contribution < -0.4 is 0 Å². The third-order valence-electron chi connectivity index (χ3n) is 7.00. The maximum absolute atomic E-state index is 13.3. The summed E-state index contributed by atoms with van der Waals surface area (Å²) >= 11 is 0. The highest BCUT2D eigenvalue weighted by Crippen LogP contribution is 2.64. The van der Waals surface area contributed by atoms with E-state index in [2.05, 4.69) is 13.8 Å². The molecular formula is C21H28O5. The zero-order valence-corrected chi connectivity index (χ0v) is 16.3. The highest BCUT2D eigenvalue weighted by atomic mass is 16.6. The van der Waals surface area contributed by atoms with Crippen molar-refractivity contribution in [3.8, 4) is 0 Å². The molecule has 0 aromatic heterocycles. The third-order valence-corrected chi connectivity index (χ3v) is 7.00. The number of methoxy groups -OCH3 is 1. The normalized spacial score (nSPS) is 38.7. The van der Waals surface area contributed by atoms with Crippen LogP contribution in [-0.4, -0.2) is 35.2 Å². The van der Waals surface area contributed by atoms with Crippen LogP contribution in [0.4, 0.5) is 0 Å². The predicted molar refractivity (Wildman–Crippen MR) is 95.0 cm³/mol. The van der Waals surface area contributed by atoms with Crippen LogP contribution in [0.1, 0.15) is 59.8 Å². The van der Waals surface area contributed by atoms with Gasteiger partial charge in [-0.15, -0.1) is 0 Å². The second kappa shape index (κ2) is 5.29. The van der Waals surface area contributed by atoms with E-state index in [1.54, 1.807) is 0 Å². The smallest absolute Gasteiger partial charge is 0.224 e. The minimum atomic E-state index is -1.66. The van der Waals surface area contributed by atoms with E-state index in [0.717, 1.165) is 19.3 Å². The van der Waals surface area contributed by atoms with E-state index in [9.17, 15) is 14.7 Å². The van der Waals surface area contributed by atoms with Gasteiger partial charge in [0.25, 0.3) is 0 Å². The van der Waals surface area contributed by atoms with Crippen molar-refractivity contribution in [2.75, 3.05) is 7.11 Å². The number of rotatable bonds is 2. The van der Waals surface area contributed by atoms with Gasteiger partial charge in [0, 0.05) is 24.0 Å². The molecule has 0 radical (unpaired) electrons. The summed E-state index contributed by atoms with van der Waals surface area (Å²) in [5.74, 6) is -2.12. The topological polar surface area (TPSA) is 72.8 Å². The standard InChI is InChI=1S/C21H28O5/c1-11(2)14-17(23)15-12(16(22)18(14)25-5)9-20-8-6-7-19(3,4)13(20)10-21(15,24)26-20/h11,13,24H,6-10H2,1-5H3/t13?,20-,21-/m0/s1. The summed E-state index contributed by atoms with van der Waals surface area (Å²) in [5.41, 5.74) is 0.368. The molecule has 142 valence electrons. The van der Waals surface area contributed by atoms with Crippen LogP contribution in [0.5, 0.6) is 0 Å². The average Bonchev–Trinajstić information content (AvgIpc) is 2.78. The average molecular weight is 360 g/mol. The number of fused-ring (bicyclic) bond motifs is 2. The summed E-state index contributed by atoms with van der Waals surface area (Å²) < 4.78 is 11.6. The van der Waals surface area contributed by atoms with E-state index in [1.807, 2.05) is 13.8 Å². The zero-order valence-electron chi connectivity index (χ0n) is 16.3. The largest absolute Gasteiger partial charge is 0.492 e. The second-order valence-corrected chi connectivity index (χ2v) is 9.34. The van der Waals surface area contributed by atoms with Crippen LogP contribution >= 0.6 is 0 Å². The molecule has 1 saturated carbocycles. The molecule has 26 heavy (non-hydrogen) atoms. The Morgan fingerprint density at radius 2 is 1.88 bits per heavy atom.